The van der Waals surface area contributed by atoms with Gasteiger partial charge in [-0.25, -0.2) is 14.3 Å². The van der Waals surface area contributed by atoms with Crippen LogP contribution in [0.4, 0.5) is 5.95 Å². The van der Waals surface area contributed by atoms with Crippen LogP contribution in [-0.2, 0) is 18.6 Å². The Kier molecular flexibility index (Phi) is 6.73. The number of aromatic amines is 1. The van der Waals surface area contributed by atoms with Crippen molar-refractivity contribution in [2.75, 3.05) is 18.5 Å². The van der Waals surface area contributed by atoms with E-state index < -0.39 is 56.6 Å². The molecule has 2 aromatic heterocycles. The molecule has 3 rings (SSSR count). The van der Waals surface area contributed by atoms with Gasteiger partial charge in [-0.1, -0.05) is 0 Å². The fourth-order valence-corrected chi connectivity index (χ4v) is 3.26. The number of ether oxygens (including phenoxy) is 1. The number of carboxylic acids is 1. The Hall–Kier alpha value is -2.43. The van der Waals surface area contributed by atoms with Crippen molar-refractivity contribution in [3.63, 3.8) is 0 Å². The number of rotatable bonds is 9. The minimum Gasteiger partial charge on any atom is -0.479 e. The number of hydrogen-bond acceptors (Lipinski definition) is 11. The molecule has 1 aliphatic rings. The van der Waals surface area contributed by atoms with Crippen molar-refractivity contribution in [1.29, 1.82) is 0 Å². The van der Waals surface area contributed by atoms with E-state index in [-0.39, 0.29) is 30.1 Å². The number of aliphatic carboxylic acids is 1. The van der Waals surface area contributed by atoms with Crippen molar-refractivity contribution in [3.8, 4) is 0 Å². The lowest BCUT2D eigenvalue weighted by Crippen LogP contribution is -2.33. The molecule has 2 aromatic rings. The second kappa shape index (κ2) is 8.97. The van der Waals surface area contributed by atoms with Crippen LogP contribution in [0, 0.1) is 0 Å². The number of aliphatic hydroxyl groups is 3. The molecule has 0 amide bonds. The number of phosphoric ester groups is 1. The van der Waals surface area contributed by atoms with Crippen LogP contribution in [0.3, 0.4) is 0 Å². The zero-order valence-corrected chi connectivity index (χ0v) is 16.5. The molecule has 17 heteroatoms. The minimum atomic E-state index is -4.83. The van der Waals surface area contributed by atoms with Crippen LogP contribution in [-0.4, -0.2) is 93.3 Å². The number of nitrogens with zero attached hydrogens (tertiary/aromatic N) is 3. The average Bonchev–Trinajstić information content (AvgIpc) is 3.21. The molecule has 0 aliphatic carbocycles. The molecule has 172 valence electrons. The summed E-state index contributed by atoms with van der Waals surface area (Å²) in [6.45, 7) is -0.753. The van der Waals surface area contributed by atoms with Crippen LogP contribution < -0.4 is 10.9 Å². The summed E-state index contributed by atoms with van der Waals surface area (Å²) in [5.74, 6) is -1.48. The quantitative estimate of drug-likeness (QED) is 0.173. The van der Waals surface area contributed by atoms with Crippen molar-refractivity contribution in [3.05, 3.63) is 16.7 Å². The number of imidazole rings is 1. The normalized spacial score (nSPS) is 25.1. The number of hydrogen-bond donors (Lipinski definition) is 8. The van der Waals surface area contributed by atoms with E-state index in [0.29, 0.717) is 0 Å². The van der Waals surface area contributed by atoms with E-state index >= 15 is 0 Å². The first-order valence-electron chi connectivity index (χ1n) is 8.81. The van der Waals surface area contributed by atoms with Gasteiger partial charge in [-0.05, 0) is 0 Å². The van der Waals surface area contributed by atoms with Crippen molar-refractivity contribution in [2.24, 2.45) is 0 Å². The lowest BCUT2D eigenvalue weighted by atomic mass is 10.1. The third kappa shape index (κ3) is 5.25. The predicted octanol–water partition coefficient (Wildman–Crippen LogP) is -2.90. The molecule has 1 fully saturated rings. The van der Waals surface area contributed by atoms with Gasteiger partial charge in [0.05, 0.1) is 12.9 Å². The number of carboxylic acid groups (broad SMARTS) is 1. The lowest BCUT2D eigenvalue weighted by Gasteiger charge is -2.17. The maximum atomic E-state index is 12.2. The molecular formula is C14H20N5O11P. The molecule has 1 saturated heterocycles. The minimum absolute atomic E-state index is 0.0426. The summed E-state index contributed by atoms with van der Waals surface area (Å²) in [5, 5.41) is 41.0. The molecule has 31 heavy (non-hydrogen) atoms. The first kappa shape index (κ1) is 23.2. The molecule has 0 radical (unpaired) electrons. The molecule has 0 aromatic carbocycles. The fourth-order valence-electron chi connectivity index (χ4n) is 2.91. The lowest BCUT2D eigenvalue weighted by molar-refractivity contribution is -0.146. The summed E-state index contributed by atoms with van der Waals surface area (Å²) in [4.78, 5) is 50.9. The zero-order valence-electron chi connectivity index (χ0n) is 15.6. The van der Waals surface area contributed by atoms with Gasteiger partial charge in [0.25, 0.3) is 5.56 Å². The monoisotopic (exact) mass is 465 g/mol. The van der Waals surface area contributed by atoms with E-state index in [1.54, 1.807) is 0 Å². The second-order valence-corrected chi connectivity index (χ2v) is 7.88. The molecular weight excluding hydrogens is 445 g/mol. The summed E-state index contributed by atoms with van der Waals surface area (Å²) >= 11 is 0. The number of aliphatic hydroxyl groups excluding tert-OH is 3. The van der Waals surface area contributed by atoms with Crippen LogP contribution in [0.25, 0.3) is 11.2 Å². The van der Waals surface area contributed by atoms with Gasteiger partial charge in [-0.3, -0.25) is 18.9 Å². The van der Waals surface area contributed by atoms with E-state index in [9.17, 15) is 29.5 Å². The number of phosphoric acid groups is 1. The highest BCUT2D eigenvalue weighted by Gasteiger charge is 2.45. The summed E-state index contributed by atoms with van der Waals surface area (Å²) in [5.41, 5.74) is -0.853. The molecule has 1 unspecified atom stereocenters. The largest absolute Gasteiger partial charge is 0.479 e. The Morgan fingerprint density at radius 3 is 2.74 bits per heavy atom. The summed E-state index contributed by atoms with van der Waals surface area (Å²) < 4.78 is 21.7. The van der Waals surface area contributed by atoms with Crippen molar-refractivity contribution in [1.82, 2.24) is 19.5 Å². The van der Waals surface area contributed by atoms with Gasteiger partial charge in [0.15, 0.2) is 23.5 Å². The summed E-state index contributed by atoms with van der Waals surface area (Å²) in [7, 11) is -4.83. The van der Waals surface area contributed by atoms with Gasteiger partial charge < -0.3 is 40.3 Å². The summed E-state index contributed by atoms with van der Waals surface area (Å²) in [6, 6.07) is 0. The zero-order chi connectivity index (χ0) is 22.9. The molecule has 8 N–H and O–H groups in total. The van der Waals surface area contributed by atoms with Crippen LogP contribution in [0.2, 0.25) is 0 Å². The maximum Gasteiger partial charge on any atom is 0.469 e. The van der Waals surface area contributed by atoms with E-state index in [2.05, 4.69) is 24.8 Å². The van der Waals surface area contributed by atoms with Crippen LogP contribution >= 0.6 is 7.82 Å². The Morgan fingerprint density at radius 2 is 2.10 bits per heavy atom. The molecule has 3 heterocycles. The van der Waals surface area contributed by atoms with E-state index in [1.807, 2.05) is 0 Å². The van der Waals surface area contributed by atoms with E-state index in [4.69, 9.17) is 19.6 Å². The molecule has 0 saturated carbocycles. The first-order chi connectivity index (χ1) is 14.5. The van der Waals surface area contributed by atoms with Crippen LogP contribution in [0.1, 0.15) is 12.6 Å². The second-order valence-electron chi connectivity index (χ2n) is 6.64. The van der Waals surface area contributed by atoms with Gasteiger partial charge in [0.2, 0.25) is 5.95 Å². The number of H-pyrrole nitrogens is 1. The molecule has 5 atom stereocenters. The number of fused-ring (bicyclic) bond motifs is 1. The number of anilines is 1. The number of aromatic nitrogens is 4. The standard InChI is InChI=1S/C14H20N5O11P/c20-5(13(24)25)1-2-15-14-17-10-7(11(23)18-14)16-4-19(10)12-9(22)8(21)6(30-12)3-29-31(26,27)28/h4-6,8-9,12,20-22H,1-3H2,(H,24,25)(H2,26,27,28)(H2,15,17,18,23)/t5?,6-,8-,9-,12-/m1/s1. The topological polar surface area (TPSA) is 250 Å². The Labute approximate surface area is 172 Å². The van der Waals surface area contributed by atoms with Crippen LogP contribution in [0.5, 0.6) is 0 Å². The van der Waals surface area contributed by atoms with Gasteiger partial charge in [0, 0.05) is 13.0 Å². The van der Waals surface area contributed by atoms with Gasteiger partial charge >= 0.3 is 13.8 Å². The third-order valence-electron chi connectivity index (χ3n) is 4.45. The van der Waals surface area contributed by atoms with Crippen molar-refractivity contribution in [2.45, 2.75) is 37.1 Å². The van der Waals surface area contributed by atoms with Crippen molar-refractivity contribution >= 4 is 30.9 Å². The molecule has 1 aliphatic heterocycles. The average molecular weight is 465 g/mol. The van der Waals surface area contributed by atoms with Crippen molar-refractivity contribution < 1.29 is 48.8 Å². The highest BCUT2D eigenvalue weighted by molar-refractivity contribution is 7.46. The predicted molar refractivity (Wildman–Crippen MR) is 98.8 cm³/mol. The highest BCUT2D eigenvalue weighted by atomic mass is 31.2. The molecule has 0 spiro atoms. The molecule has 16 nitrogen and oxygen atoms in total. The summed E-state index contributed by atoms with van der Waals surface area (Å²) in [6.07, 6.45) is -6.38. The number of nitrogens with one attached hydrogen (secondary N) is 2. The van der Waals surface area contributed by atoms with E-state index in [1.165, 1.54) is 0 Å². The van der Waals surface area contributed by atoms with Gasteiger partial charge in [0.1, 0.15) is 18.3 Å². The Balaban J connectivity index is 1.80. The Morgan fingerprint density at radius 1 is 1.39 bits per heavy atom. The number of carbonyl (C=O) groups is 1. The van der Waals surface area contributed by atoms with Crippen LogP contribution in [0.15, 0.2) is 11.1 Å². The maximum absolute atomic E-state index is 12.2. The fraction of sp³-hybridized carbons (Fsp3) is 0.571. The molecule has 0 bridgehead atoms. The van der Waals surface area contributed by atoms with E-state index in [0.717, 1.165) is 10.9 Å². The smallest absolute Gasteiger partial charge is 0.469 e. The highest BCUT2D eigenvalue weighted by Crippen LogP contribution is 2.38. The Bertz CT molecular complexity index is 1050. The van der Waals surface area contributed by atoms with Gasteiger partial charge in [-0.2, -0.15) is 4.98 Å². The first-order valence-corrected chi connectivity index (χ1v) is 10.3. The third-order valence-corrected chi connectivity index (χ3v) is 4.93. The van der Waals surface area contributed by atoms with Gasteiger partial charge in [-0.15, -0.1) is 0 Å². The SMILES string of the molecule is O=C(O)C(O)CCNc1nc2c(ncn2[C@@H]2O[C@H](COP(=O)(O)O)[C@@H](O)[C@H]2O)c(=O)[nH]1.